The number of carbonyl (C=O) groups excluding carboxylic acids is 4. The lowest BCUT2D eigenvalue weighted by molar-refractivity contribution is -0.121. The first-order chi connectivity index (χ1) is 24.9. The first kappa shape index (κ1) is 33.9. The van der Waals surface area contributed by atoms with Crippen molar-refractivity contribution in [2.24, 2.45) is 0 Å². The highest BCUT2D eigenvalue weighted by atomic mass is 16.5. The van der Waals surface area contributed by atoms with Crippen LogP contribution in [0.4, 0.5) is 11.4 Å². The number of nitrogens with zero attached hydrogens (tertiary/aromatic N) is 2. The van der Waals surface area contributed by atoms with Crippen molar-refractivity contribution in [3.63, 3.8) is 0 Å². The third kappa shape index (κ3) is 6.54. The molecule has 4 amide bonds. The lowest BCUT2D eigenvalue weighted by Gasteiger charge is -2.31. The average molecular weight is 689 g/mol. The molecule has 0 aromatic heterocycles. The predicted molar refractivity (Wildman–Crippen MR) is 200 cm³/mol. The highest BCUT2D eigenvalue weighted by molar-refractivity contribution is 6.28. The van der Waals surface area contributed by atoms with Crippen molar-refractivity contribution in [1.82, 2.24) is 0 Å². The van der Waals surface area contributed by atoms with Crippen molar-refractivity contribution in [2.75, 3.05) is 9.80 Å². The molecular weight excluding hydrogens is 652 g/mol. The molecule has 0 unspecified atom stereocenters. The minimum Gasteiger partial charge on any atom is -0.457 e. The Kier molecular flexibility index (Phi) is 8.68. The molecule has 2 aliphatic heterocycles. The van der Waals surface area contributed by atoms with Crippen LogP contribution in [-0.4, -0.2) is 23.6 Å². The Balaban J connectivity index is 1.04. The van der Waals surface area contributed by atoms with E-state index in [1.807, 2.05) is 24.3 Å². The van der Waals surface area contributed by atoms with Gasteiger partial charge in [-0.3, -0.25) is 19.2 Å². The third-order valence-corrected chi connectivity index (χ3v) is 9.70. The largest absolute Gasteiger partial charge is 0.457 e. The summed E-state index contributed by atoms with van der Waals surface area (Å²) in [5, 5.41) is 0. The summed E-state index contributed by atoms with van der Waals surface area (Å²) in [6, 6.07) is 38.4. The highest BCUT2D eigenvalue weighted by Gasteiger charge is 2.29. The molecule has 8 nitrogen and oxygen atoms in total. The number of hydrogen-bond acceptors (Lipinski definition) is 6. The molecule has 0 saturated heterocycles. The van der Waals surface area contributed by atoms with E-state index >= 15 is 0 Å². The van der Waals surface area contributed by atoms with Crippen LogP contribution in [0.15, 0.2) is 146 Å². The van der Waals surface area contributed by atoms with Gasteiger partial charge < -0.3 is 9.47 Å². The summed E-state index contributed by atoms with van der Waals surface area (Å²) < 4.78 is 12.2. The van der Waals surface area contributed by atoms with Crippen LogP contribution in [0.5, 0.6) is 23.0 Å². The standard InChI is InChI=1S/C44H36N2O6/c1-43(2,29-14-18-35(19-15-29)51-37-12-6-10-33(27-37)45-39(47)22-23-40(45)48)31-8-5-9-32(26-31)44(3,4)30-16-20-36(21-17-30)52-38-13-7-11-34(28-38)46-41(49)24-25-42(46)50/h5-28H,1-4H3. The fourth-order valence-electron chi connectivity index (χ4n) is 6.46. The molecule has 5 aromatic rings. The van der Waals surface area contributed by atoms with E-state index in [2.05, 4.69) is 76.2 Å². The van der Waals surface area contributed by atoms with E-state index in [1.165, 1.54) is 24.3 Å². The Labute approximate surface area is 302 Å². The van der Waals surface area contributed by atoms with Gasteiger partial charge in [0.15, 0.2) is 0 Å². The van der Waals surface area contributed by atoms with Gasteiger partial charge >= 0.3 is 0 Å². The Hall–Kier alpha value is -6.54. The number of imide groups is 2. The van der Waals surface area contributed by atoms with Crippen LogP contribution in [0.25, 0.3) is 0 Å². The predicted octanol–water partition coefficient (Wildman–Crippen LogP) is 8.78. The summed E-state index contributed by atoms with van der Waals surface area (Å²) in [4.78, 5) is 50.8. The zero-order valence-electron chi connectivity index (χ0n) is 29.2. The number of carbonyl (C=O) groups is 4. The van der Waals surface area contributed by atoms with Gasteiger partial charge in [-0.25, -0.2) is 9.80 Å². The van der Waals surface area contributed by atoms with Crippen LogP contribution in [0.3, 0.4) is 0 Å². The van der Waals surface area contributed by atoms with E-state index in [0.29, 0.717) is 34.4 Å². The maximum atomic E-state index is 12.1. The van der Waals surface area contributed by atoms with E-state index in [9.17, 15) is 19.2 Å². The number of amides is 4. The molecular formula is C44H36N2O6. The van der Waals surface area contributed by atoms with Gasteiger partial charge in [-0.05, 0) is 70.8 Å². The lowest BCUT2D eigenvalue weighted by atomic mass is 9.73. The zero-order chi connectivity index (χ0) is 36.6. The van der Waals surface area contributed by atoms with Crippen LogP contribution in [0, 0.1) is 0 Å². The molecule has 52 heavy (non-hydrogen) atoms. The van der Waals surface area contributed by atoms with Crippen LogP contribution in [0.2, 0.25) is 0 Å². The molecule has 2 aliphatic rings. The second-order valence-corrected chi connectivity index (χ2v) is 13.8. The average Bonchev–Trinajstić information content (AvgIpc) is 3.67. The van der Waals surface area contributed by atoms with E-state index < -0.39 is 0 Å². The number of hydrogen-bond donors (Lipinski definition) is 0. The molecule has 0 aliphatic carbocycles. The van der Waals surface area contributed by atoms with Crippen molar-refractivity contribution in [3.05, 3.63) is 168 Å². The first-order valence-electron chi connectivity index (χ1n) is 16.9. The second-order valence-electron chi connectivity index (χ2n) is 13.8. The summed E-state index contributed by atoms with van der Waals surface area (Å²) in [7, 11) is 0. The summed E-state index contributed by atoms with van der Waals surface area (Å²) in [5.74, 6) is 0.812. The fraction of sp³-hybridized carbons (Fsp3) is 0.136. The normalized spacial score (nSPS) is 14.5. The van der Waals surface area contributed by atoms with E-state index in [-0.39, 0.29) is 34.5 Å². The smallest absolute Gasteiger partial charge is 0.258 e. The monoisotopic (exact) mass is 688 g/mol. The summed E-state index contributed by atoms with van der Waals surface area (Å²) in [6.07, 6.45) is 5.03. The van der Waals surface area contributed by atoms with Crippen LogP contribution in [-0.2, 0) is 30.0 Å². The van der Waals surface area contributed by atoms with Gasteiger partial charge in [0.1, 0.15) is 23.0 Å². The van der Waals surface area contributed by atoms with Gasteiger partial charge in [0.2, 0.25) is 0 Å². The van der Waals surface area contributed by atoms with Gasteiger partial charge in [0.25, 0.3) is 23.6 Å². The third-order valence-electron chi connectivity index (χ3n) is 9.70. The SMILES string of the molecule is CC(C)(c1ccc(Oc2cccc(N3C(=O)C=CC3=O)c2)cc1)c1cccc(C(C)(C)c2ccc(Oc3cccc(N4C(=O)C=CC4=O)c3)cc2)c1. The van der Waals surface area contributed by atoms with Gasteiger partial charge in [0, 0.05) is 47.3 Å². The molecule has 0 radical (unpaired) electrons. The zero-order valence-corrected chi connectivity index (χ0v) is 29.2. The molecule has 0 spiro atoms. The maximum absolute atomic E-state index is 12.1. The molecule has 8 heteroatoms. The summed E-state index contributed by atoms with van der Waals surface area (Å²) in [5.41, 5.74) is 4.83. The minimum absolute atomic E-state index is 0.319. The molecule has 0 saturated carbocycles. The Morgan fingerprint density at radius 3 is 1.10 bits per heavy atom. The van der Waals surface area contributed by atoms with Crippen molar-refractivity contribution in [2.45, 2.75) is 38.5 Å². The summed E-state index contributed by atoms with van der Waals surface area (Å²) >= 11 is 0. The molecule has 2 heterocycles. The van der Waals surface area contributed by atoms with Gasteiger partial charge in [-0.2, -0.15) is 0 Å². The van der Waals surface area contributed by atoms with E-state index in [4.69, 9.17) is 9.47 Å². The number of benzene rings is 5. The fourth-order valence-corrected chi connectivity index (χ4v) is 6.46. The molecule has 258 valence electrons. The number of ether oxygens (including phenoxy) is 2. The number of rotatable bonds is 10. The van der Waals surface area contributed by atoms with E-state index in [0.717, 1.165) is 32.1 Å². The molecule has 7 rings (SSSR count). The van der Waals surface area contributed by atoms with Crippen LogP contribution in [0.1, 0.15) is 49.9 Å². The molecule has 5 aromatic carbocycles. The molecule has 0 N–H and O–H groups in total. The van der Waals surface area contributed by atoms with Gasteiger partial charge in [0.05, 0.1) is 11.4 Å². The first-order valence-corrected chi connectivity index (χ1v) is 16.9. The highest BCUT2D eigenvalue weighted by Crippen LogP contribution is 2.39. The molecule has 0 bridgehead atoms. The minimum atomic E-state index is -0.375. The van der Waals surface area contributed by atoms with E-state index in [1.54, 1.807) is 48.5 Å². The quantitative estimate of drug-likeness (QED) is 0.136. The van der Waals surface area contributed by atoms with Crippen LogP contribution >= 0.6 is 0 Å². The Morgan fingerprint density at radius 1 is 0.385 bits per heavy atom. The van der Waals surface area contributed by atoms with Crippen molar-refractivity contribution < 1.29 is 28.7 Å². The summed E-state index contributed by atoms with van der Waals surface area (Å²) in [6.45, 7) is 8.79. The van der Waals surface area contributed by atoms with Crippen molar-refractivity contribution >= 4 is 35.0 Å². The Bertz CT molecular complexity index is 2090. The number of anilines is 2. The van der Waals surface area contributed by atoms with Crippen molar-refractivity contribution in [1.29, 1.82) is 0 Å². The Morgan fingerprint density at radius 2 is 0.731 bits per heavy atom. The topological polar surface area (TPSA) is 93.2 Å². The van der Waals surface area contributed by atoms with Crippen LogP contribution < -0.4 is 19.3 Å². The maximum Gasteiger partial charge on any atom is 0.258 e. The lowest BCUT2D eigenvalue weighted by Crippen LogP contribution is -2.29. The van der Waals surface area contributed by atoms with Crippen molar-refractivity contribution in [3.8, 4) is 23.0 Å². The van der Waals surface area contributed by atoms with Gasteiger partial charge in [-0.15, -0.1) is 0 Å². The van der Waals surface area contributed by atoms with Gasteiger partial charge in [-0.1, -0.05) is 88.4 Å². The molecule has 0 fully saturated rings. The molecule has 0 atom stereocenters. The second kappa shape index (κ2) is 13.3.